The molecular weight excluding hydrogens is 428 g/mol. The summed E-state index contributed by atoms with van der Waals surface area (Å²) >= 11 is 19.3. The Morgan fingerprint density at radius 2 is 1.05 bits per heavy atom. The topological polar surface area (TPSA) is 6.48 Å². The van der Waals surface area contributed by atoms with Gasteiger partial charge in [0.05, 0.1) is 0 Å². The van der Waals surface area contributed by atoms with Crippen molar-refractivity contribution < 1.29 is 34.1 Å². The molecule has 0 amide bonds. The van der Waals surface area contributed by atoms with Crippen LogP contribution in [0.1, 0.15) is 40.5 Å². The molecule has 20 heavy (non-hydrogen) atoms. The van der Waals surface area contributed by atoms with Gasteiger partial charge in [0.15, 0.2) is 0 Å². The van der Waals surface area contributed by atoms with Crippen molar-refractivity contribution in [2.24, 2.45) is 0 Å². The van der Waals surface area contributed by atoms with Crippen molar-refractivity contribution in [3.8, 4) is 0 Å². The Balaban J connectivity index is -0.000000119. The minimum Gasteiger partial charge on any atom is -0.411 e. The summed E-state index contributed by atoms with van der Waals surface area (Å²) < 4.78 is 1.19. The van der Waals surface area contributed by atoms with Gasteiger partial charge in [-0.05, 0) is 26.7 Å². The predicted molar refractivity (Wildman–Crippen MR) is 95.0 cm³/mol. The number of rotatable bonds is 6. The molecule has 0 saturated carbocycles. The molecule has 0 heterocycles. The molecule has 0 aliphatic rings. The standard InChI is InChI=1S/C7H15NS2.C5H11NS2.2Cu/c1-3-5-8(6-4-2)7(9)10;1-3-6(4-2)5(7)8;;/h3-6H2,1-2H3,(H,9,10);3-4H2,1-2H3,(H,7,8);;/q;;2*+2/p-2. The van der Waals surface area contributed by atoms with Gasteiger partial charge >= 0.3 is 34.1 Å². The van der Waals surface area contributed by atoms with Gasteiger partial charge in [-0.3, -0.25) is 0 Å². The molecule has 0 aliphatic carbocycles. The van der Waals surface area contributed by atoms with E-state index in [4.69, 9.17) is 49.7 Å². The van der Waals surface area contributed by atoms with Crippen LogP contribution in [0.15, 0.2) is 0 Å². The SMILES string of the molecule is CCCN(CCC)C(=S)[S-].CCN(CC)C(=S)[S-].[Cu+2].[Cu+2]. The Morgan fingerprint density at radius 1 is 0.750 bits per heavy atom. The van der Waals surface area contributed by atoms with Crippen LogP contribution in [0.3, 0.4) is 0 Å². The summed E-state index contributed by atoms with van der Waals surface area (Å²) in [6.45, 7) is 12.2. The van der Waals surface area contributed by atoms with E-state index >= 15 is 0 Å². The quantitative estimate of drug-likeness (QED) is 0.345. The molecule has 2 radical (unpaired) electrons. The van der Waals surface area contributed by atoms with Crippen LogP contribution in [0, 0.1) is 0 Å². The molecule has 8 heteroatoms. The van der Waals surface area contributed by atoms with Crippen LogP contribution in [0.25, 0.3) is 0 Å². The van der Waals surface area contributed by atoms with Crippen LogP contribution in [0.5, 0.6) is 0 Å². The fourth-order valence-corrected chi connectivity index (χ4v) is 2.20. The van der Waals surface area contributed by atoms with E-state index in [9.17, 15) is 0 Å². The molecule has 0 fully saturated rings. The van der Waals surface area contributed by atoms with E-state index in [1.165, 1.54) is 0 Å². The molecule has 0 aromatic heterocycles. The van der Waals surface area contributed by atoms with Crippen LogP contribution in [0.2, 0.25) is 0 Å². The third kappa shape index (κ3) is 17.3. The first-order chi connectivity index (χ1) is 8.44. The maximum Gasteiger partial charge on any atom is 2.00 e. The van der Waals surface area contributed by atoms with Crippen LogP contribution < -0.4 is 0 Å². The molecule has 0 unspecified atom stereocenters. The zero-order chi connectivity index (χ0) is 14.6. The number of hydrogen-bond donors (Lipinski definition) is 0. The van der Waals surface area contributed by atoms with Crippen molar-refractivity contribution in [3.63, 3.8) is 0 Å². The summed E-state index contributed by atoms with van der Waals surface area (Å²) in [4.78, 5) is 4.04. The Bertz CT molecular complexity index is 233. The van der Waals surface area contributed by atoms with Crippen molar-refractivity contribution in [1.82, 2.24) is 9.80 Å². The second-order valence-electron chi connectivity index (χ2n) is 3.69. The maximum absolute atomic E-state index is 4.89. The number of thiocarbonyl (C=S) groups is 2. The van der Waals surface area contributed by atoms with Crippen LogP contribution in [-0.4, -0.2) is 44.6 Å². The largest absolute Gasteiger partial charge is 2.00 e. The van der Waals surface area contributed by atoms with Gasteiger partial charge in [0.1, 0.15) is 0 Å². The normalized spacial score (nSPS) is 8.20. The van der Waals surface area contributed by atoms with Gasteiger partial charge in [-0.15, -0.1) is 0 Å². The van der Waals surface area contributed by atoms with E-state index in [2.05, 4.69) is 18.7 Å². The van der Waals surface area contributed by atoms with Crippen molar-refractivity contribution in [3.05, 3.63) is 0 Å². The Morgan fingerprint density at radius 3 is 1.15 bits per heavy atom. The summed E-state index contributed by atoms with van der Waals surface area (Å²) in [5, 5.41) is 0. The van der Waals surface area contributed by atoms with Crippen LogP contribution in [0.4, 0.5) is 0 Å². The van der Waals surface area contributed by atoms with Gasteiger partial charge in [0.25, 0.3) is 0 Å². The van der Waals surface area contributed by atoms with E-state index < -0.39 is 0 Å². The van der Waals surface area contributed by atoms with Gasteiger partial charge in [-0.25, -0.2) is 0 Å². The monoisotopic (exact) mass is 450 g/mol. The molecule has 0 aromatic carbocycles. The van der Waals surface area contributed by atoms with Crippen molar-refractivity contribution in [2.45, 2.75) is 40.5 Å². The average molecular weight is 452 g/mol. The molecule has 0 bridgehead atoms. The molecule has 0 rings (SSSR count). The fourth-order valence-electron chi connectivity index (χ4n) is 1.32. The van der Waals surface area contributed by atoms with Gasteiger partial charge in [0.2, 0.25) is 0 Å². The van der Waals surface area contributed by atoms with Crippen LogP contribution >= 0.6 is 24.4 Å². The molecule has 2 nitrogen and oxygen atoms in total. The Hall–Kier alpha value is 1.26. The summed E-state index contributed by atoms with van der Waals surface area (Å²) in [6, 6.07) is 0. The van der Waals surface area contributed by atoms with E-state index in [-0.39, 0.29) is 34.1 Å². The predicted octanol–water partition coefficient (Wildman–Crippen LogP) is 3.10. The molecule has 0 spiro atoms. The minimum atomic E-state index is 0. The van der Waals surface area contributed by atoms with Crippen molar-refractivity contribution in [1.29, 1.82) is 0 Å². The summed E-state index contributed by atoms with van der Waals surface area (Å²) in [5.74, 6) is 0. The zero-order valence-electron chi connectivity index (χ0n) is 12.4. The summed E-state index contributed by atoms with van der Waals surface area (Å²) in [5.41, 5.74) is 0. The van der Waals surface area contributed by atoms with Gasteiger partial charge in [0, 0.05) is 26.2 Å². The van der Waals surface area contributed by atoms with Crippen LogP contribution in [-0.2, 0) is 59.4 Å². The molecule has 126 valence electrons. The first kappa shape index (κ1) is 29.3. The second-order valence-corrected chi connectivity index (χ2v) is 5.75. The molecule has 0 N–H and O–H groups in total. The van der Waals surface area contributed by atoms with Gasteiger partial charge in [-0.2, -0.15) is 0 Å². The molecular formula is C12H24Cu2N2S4+2. The second kappa shape index (κ2) is 20.3. The molecule has 0 aliphatic heterocycles. The maximum atomic E-state index is 4.89. The zero-order valence-corrected chi connectivity index (χ0v) is 17.5. The Labute approximate surface area is 167 Å². The van der Waals surface area contributed by atoms with E-state index in [0.29, 0.717) is 8.64 Å². The van der Waals surface area contributed by atoms with Crippen molar-refractivity contribution >= 4 is 58.3 Å². The van der Waals surface area contributed by atoms with E-state index in [1.54, 1.807) is 0 Å². The summed E-state index contributed by atoms with van der Waals surface area (Å²) in [7, 11) is 0. The van der Waals surface area contributed by atoms with Gasteiger partial charge in [-0.1, -0.05) is 22.5 Å². The van der Waals surface area contributed by atoms with Gasteiger partial charge < -0.3 is 59.5 Å². The number of nitrogens with zero attached hydrogens (tertiary/aromatic N) is 2. The minimum absolute atomic E-state index is 0. The molecule has 0 aromatic rings. The third-order valence-electron chi connectivity index (χ3n) is 2.27. The molecule has 0 saturated heterocycles. The van der Waals surface area contributed by atoms with Crippen molar-refractivity contribution in [2.75, 3.05) is 26.2 Å². The number of hydrogen-bond acceptors (Lipinski definition) is 4. The average Bonchev–Trinajstić information content (AvgIpc) is 2.30. The molecule has 0 atom stereocenters. The smallest absolute Gasteiger partial charge is 0.411 e. The van der Waals surface area contributed by atoms with E-state index in [1.807, 2.05) is 18.7 Å². The first-order valence-corrected chi connectivity index (χ1v) is 7.99. The van der Waals surface area contributed by atoms with E-state index in [0.717, 1.165) is 39.0 Å². The first-order valence-electron chi connectivity index (χ1n) is 6.36. The Kier molecular flexibility index (Phi) is 29.7. The summed E-state index contributed by atoms with van der Waals surface area (Å²) in [6.07, 6.45) is 2.24. The fraction of sp³-hybridized carbons (Fsp3) is 0.833. The third-order valence-corrected chi connectivity index (χ3v) is 3.30.